The third-order valence-electron chi connectivity index (χ3n) is 4.61. The average molecular weight is 449 g/mol. The Kier molecular flexibility index (Phi) is 8.26. The fraction of sp³-hybridized carbons (Fsp3) is 0.522. The second kappa shape index (κ2) is 10.5. The number of esters is 1. The normalized spacial score (nSPS) is 18.1. The van der Waals surface area contributed by atoms with Crippen molar-refractivity contribution in [1.29, 1.82) is 0 Å². The highest BCUT2D eigenvalue weighted by molar-refractivity contribution is 5.92. The summed E-state index contributed by atoms with van der Waals surface area (Å²) in [4.78, 5) is 38.5. The molecule has 0 spiro atoms. The number of alkyl carbamates (subject to hydrolysis) is 1. The number of rotatable bonds is 6. The fourth-order valence-electron chi connectivity index (χ4n) is 3.18. The van der Waals surface area contributed by atoms with Crippen LogP contribution in [-0.4, -0.2) is 54.1 Å². The molecule has 1 aliphatic heterocycles. The molecule has 0 saturated carbocycles. The molecule has 1 heterocycles. The summed E-state index contributed by atoms with van der Waals surface area (Å²) >= 11 is 0. The topological polar surface area (TPSA) is 103 Å². The van der Waals surface area contributed by atoms with Crippen LogP contribution in [0.1, 0.15) is 46.6 Å². The van der Waals surface area contributed by atoms with Crippen LogP contribution in [0, 0.1) is 0 Å². The van der Waals surface area contributed by atoms with Gasteiger partial charge in [0.05, 0.1) is 19.8 Å². The highest BCUT2D eigenvalue weighted by Crippen LogP contribution is 2.30. The van der Waals surface area contributed by atoms with Crippen LogP contribution in [-0.2, 0) is 30.3 Å². The van der Waals surface area contributed by atoms with Gasteiger partial charge in [-0.05, 0) is 46.6 Å². The van der Waals surface area contributed by atoms with E-state index in [4.69, 9.17) is 18.9 Å². The molecular weight excluding hydrogens is 416 g/mol. The Morgan fingerprint density at radius 2 is 1.88 bits per heavy atom. The summed E-state index contributed by atoms with van der Waals surface area (Å²) in [6.07, 6.45) is 0.401. The van der Waals surface area contributed by atoms with Crippen molar-refractivity contribution in [3.05, 3.63) is 47.7 Å². The molecule has 9 heteroatoms. The van der Waals surface area contributed by atoms with Crippen LogP contribution in [0.2, 0.25) is 0 Å². The predicted molar refractivity (Wildman–Crippen MR) is 116 cm³/mol. The Morgan fingerprint density at radius 1 is 1.22 bits per heavy atom. The first-order valence-electron chi connectivity index (χ1n) is 10.4. The van der Waals surface area contributed by atoms with Crippen molar-refractivity contribution in [2.24, 2.45) is 0 Å². The maximum atomic E-state index is 12.8. The van der Waals surface area contributed by atoms with E-state index in [0.29, 0.717) is 0 Å². The van der Waals surface area contributed by atoms with Crippen LogP contribution >= 0.6 is 0 Å². The molecule has 0 unspecified atom stereocenters. The molecule has 1 fully saturated rings. The number of amides is 2. The van der Waals surface area contributed by atoms with Gasteiger partial charge in [-0.25, -0.2) is 14.4 Å². The average Bonchev–Trinajstić information content (AvgIpc) is 3.02. The number of methoxy groups -OCH3 is 1. The first kappa shape index (κ1) is 25.2. The van der Waals surface area contributed by atoms with Gasteiger partial charge in [-0.1, -0.05) is 36.4 Å². The Bertz CT molecular complexity index is 844. The summed E-state index contributed by atoms with van der Waals surface area (Å²) in [5, 5.41) is 2.41. The van der Waals surface area contributed by atoms with E-state index >= 15 is 0 Å². The quantitative estimate of drug-likeness (QED) is 0.402. The van der Waals surface area contributed by atoms with E-state index in [1.165, 1.54) is 18.1 Å². The lowest BCUT2D eigenvalue weighted by atomic mass is 10.1. The Morgan fingerprint density at radius 3 is 2.47 bits per heavy atom. The first-order chi connectivity index (χ1) is 14.9. The van der Waals surface area contributed by atoms with E-state index in [2.05, 4.69) is 5.32 Å². The number of carbonyl (C=O) groups is 3. The van der Waals surface area contributed by atoms with Gasteiger partial charge < -0.3 is 18.9 Å². The van der Waals surface area contributed by atoms with Gasteiger partial charge in [0.2, 0.25) is 0 Å². The first-order valence-corrected chi connectivity index (χ1v) is 10.4. The lowest BCUT2D eigenvalue weighted by Gasteiger charge is -2.32. The van der Waals surface area contributed by atoms with Crippen molar-refractivity contribution in [2.45, 2.75) is 65.0 Å². The van der Waals surface area contributed by atoms with Gasteiger partial charge in [0.25, 0.3) is 0 Å². The third-order valence-corrected chi connectivity index (χ3v) is 4.61. The van der Waals surface area contributed by atoms with Crippen LogP contribution in [0.15, 0.2) is 42.1 Å². The molecule has 0 radical (unpaired) electrons. The lowest BCUT2D eigenvalue weighted by Crippen LogP contribution is -2.48. The monoisotopic (exact) mass is 448 g/mol. The van der Waals surface area contributed by atoms with Gasteiger partial charge in [-0.15, -0.1) is 0 Å². The third kappa shape index (κ3) is 7.26. The number of nitrogens with zero attached hydrogens (tertiary/aromatic N) is 1. The zero-order valence-corrected chi connectivity index (χ0v) is 19.5. The van der Waals surface area contributed by atoms with E-state index in [0.717, 1.165) is 5.56 Å². The number of hydrogen-bond acceptors (Lipinski definition) is 7. The number of hydrogen-bond donors (Lipinski definition) is 1. The maximum absolute atomic E-state index is 12.8. The number of ether oxygens (including phenoxy) is 4. The molecule has 1 aliphatic rings. The van der Waals surface area contributed by atoms with E-state index in [1.807, 2.05) is 30.3 Å². The highest BCUT2D eigenvalue weighted by Gasteiger charge is 2.44. The van der Waals surface area contributed by atoms with Crippen LogP contribution in [0.4, 0.5) is 9.59 Å². The second-order valence-electron chi connectivity index (χ2n) is 8.79. The van der Waals surface area contributed by atoms with Gasteiger partial charge >= 0.3 is 18.2 Å². The molecule has 0 aromatic heterocycles. The Labute approximate surface area is 188 Å². The van der Waals surface area contributed by atoms with Crippen molar-refractivity contribution >= 4 is 18.2 Å². The summed E-state index contributed by atoms with van der Waals surface area (Å²) < 4.78 is 21.2. The molecule has 32 heavy (non-hydrogen) atoms. The van der Waals surface area contributed by atoms with Gasteiger partial charge in [0.15, 0.2) is 0 Å². The van der Waals surface area contributed by atoms with Crippen molar-refractivity contribution in [1.82, 2.24) is 10.2 Å². The maximum Gasteiger partial charge on any atom is 0.412 e. The summed E-state index contributed by atoms with van der Waals surface area (Å²) in [6, 6.07) is 8.94. The van der Waals surface area contributed by atoms with Gasteiger partial charge in [-0.2, -0.15) is 0 Å². The molecule has 1 aromatic carbocycles. The zero-order chi connectivity index (χ0) is 23.9. The molecule has 1 saturated heterocycles. The molecule has 9 nitrogen and oxygen atoms in total. The number of benzene rings is 1. The highest BCUT2D eigenvalue weighted by atomic mass is 16.6. The van der Waals surface area contributed by atoms with Crippen molar-refractivity contribution in [3.8, 4) is 0 Å². The minimum atomic E-state index is -0.893. The minimum absolute atomic E-state index is 0.0796. The molecule has 176 valence electrons. The van der Waals surface area contributed by atoms with Crippen LogP contribution in [0.25, 0.3) is 0 Å². The Balaban J connectivity index is 2.10. The summed E-state index contributed by atoms with van der Waals surface area (Å²) in [6.45, 7) is 9.04. The zero-order valence-electron chi connectivity index (χ0n) is 19.5. The number of carbonyl (C=O) groups excluding carboxylic acids is 3. The molecule has 0 aliphatic carbocycles. The molecule has 1 N–H and O–H groups in total. The van der Waals surface area contributed by atoms with E-state index < -0.39 is 35.5 Å². The van der Waals surface area contributed by atoms with Crippen LogP contribution in [0.3, 0.4) is 0 Å². The van der Waals surface area contributed by atoms with E-state index in [-0.39, 0.29) is 25.3 Å². The lowest BCUT2D eigenvalue weighted by molar-refractivity contribution is -0.136. The van der Waals surface area contributed by atoms with Crippen molar-refractivity contribution in [3.63, 3.8) is 0 Å². The summed E-state index contributed by atoms with van der Waals surface area (Å²) in [7, 11) is 1.21. The molecule has 0 bridgehead atoms. The van der Waals surface area contributed by atoms with Crippen LogP contribution < -0.4 is 5.32 Å². The Hall–Kier alpha value is -3.07. The summed E-state index contributed by atoms with van der Waals surface area (Å²) in [5.41, 5.74) is -0.835. The van der Waals surface area contributed by atoms with Crippen LogP contribution in [0.5, 0.6) is 0 Å². The SMILES string of the molecule is COC(=O)/C(=C/C[C@H]1COC(C)(C)N1C(=O)OCc1ccccc1)NC(=O)OC(C)(C)C. The predicted octanol–water partition coefficient (Wildman–Crippen LogP) is 3.73. The van der Waals surface area contributed by atoms with Gasteiger partial charge in [0.1, 0.15) is 23.6 Å². The smallest absolute Gasteiger partial charge is 0.412 e. The van der Waals surface area contributed by atoms with Crippen molar-refractivity contribution in [2.75, 3.05) is 13.7 Å². The minimum Gasteiger partial charge on any atom is -0.464 e. The van der Waals surface area contributed by atoms with Gasteiger partial charge in [0, 0.05) is 0 Å². The second-order valence-corrected chi connectivity index (χ2v) is 8.79. The molecule has 2 rings (SSSR count). The molecule has 2 amide bonds. The molecule has 1 atom stereocenters. The largest absolute Gasteiger partial charge is 0.464 e. The molecule has 1 aromatic rings. The number of nitrogens with one attached hydrogen (secondary N) is 1. The van der Waals surface area contributed by atoms with Crippen molar-refractivity contribution < 1.29 is 33.3 Å². The fourth-order valence-corrected chi connectivity index (χ4v) is 3.18. The molecular formula is C23H32N2O7. The standard InChI is InChI=1S/C23H32N2O7/c1-22(2,3)32-20(27)24-18(19(26)29-6)13-12-17-15-31-23(4,5)25(17)21(28)30-14-16-10-8-7-9-11-16/h7-11,13,17H,12,14-15H2,1-6H3,(H,24,27)/b18-13-/t17-/m0/s1. The van der Waals surface area contributed by atoms with E-state index in [1.54, 1.807) is 34.6 Å². The summed E-state index contributed by atoms with van der Waals surface area (Å²) in [5.74, 6) is -0.729. The van der Waals surface area contributed by atoms with E-state index in [9.17, 15) is 14.4 Å². The van der Waals surface area contributed by atoms with Gasteiger partial charge in [-0.3, -0.25) is 10.2 Å².